The predicted molar refractivity (Wildman–Crippen MR) is 78.6 cm³/mol. The van der Waals surface area contributed by atoms with Crippen LogP contribution in [0.4, 0.5) is 0 Å². The normalized spacial score (nSPS) is 20.4. The molecule has 2 aliphatic rings. The van der Waals surface area contributed by atoms with Gasteiger partial charge in [0.25, 0.3) is 0 Å². The quantitative estimate of drug-likeness (QED) is 0.837. The van der Waals surface area contributed by atoms with Crippen LogP contribution in [0, 0.1) is 11.3 Å². The Morgan fingerprint density at radius 1 is 1.30 bits per heavy atom. The zero-order valence-electron chi connectivity index (χ0n) is 11.9. The number of carbonyl (C=O) groups is 1. The number of fused-ring (bicyclic) bond motifs is 1. The number of carboxylic acids is 1. The number of nitrogens with two attached hydrogens (primary N) is 1. The molecule has 0 spiro atoms. The summed E-state index contributed by atoms with van der Waals surface area (Å²) in [5.41, 5.74) is 9.08. The fraction of sp³-hybridized carbons (Fsp3) is 0.588. The summed E-state index contributed by atoms with van der Waals surface area (Å²) in [6.45, 7) is 0.232. The molecule has 1 atom stereocenters. The molecule has 20 heavy (non-hydrogen) atoms. The topological polar surface area (TPSA) is 63.3 Å². The molecule has 1 fully saturated rings. The van der Waals surface area contributed by atoms with E-state index in [9.17, 15) is 9.90 Å². The van der Waals surface area contributed by atoms with Crippen molar-refractivity contribution in [1.82, 2.24) is 0 Å². The second-order valence-electron chi connectivity index (χ2n) is 6.57. The van der Waals surface area contributed by atoms with Gasteiger partial charge in [0.05, 0.1) is 5.41 Å². The van der Waals surface area contributed by atoms with Crippen molar-refractivity contribution in [2.24, 2.45) is 17.1 Å². The van der Waals surface area contributed by atoms with Crippen LogP contribution < -0.4 is 5.73 Å². The first-order valence-electron chi connectivity index (χ1n) is 7.67. The van der Waals surface area contributed by atoms with Crippen LogP contribution >= 0.6 is 0 Å². The molecule has 0 heterocycles. The molecule has 0 aliphatic heterocycles. The van der Waals surface area contributed by atoms with E-state index in [4.69, 9.17) is 5.73 Å². The van der Waals surface area contributed by atoms with E-state index in [0.29, 0.717) is 12.3 Å². The number of carboxylic acid groups (broad SMARTS) is 1. The highest BCUT2D eigenvalue weighted by Crippen LogP contribution is 2.42. The molecule has 3 rings (SSSR count). The maximum absolute atomic E-state index is 11.8. The molecule has 1 saturated carbocycles. The summed E-state index contributed by atoms with van der Waals surface area (Å²) >= 11 is 0. The Hall–Kier alpha value is -1.35. The van der Waals surface area contributed by atoms with Crippen molar-refractivity contribution in [1.29, 1.82) is 0 Å². The highest BCUT2D eigenvalue weighted by molar-refractivity contribution is 5.75. The molecule has 1 unspecified atom stereocenters. The third-order valence-electron chi connectivity index (χ3n) is 4.93. The zero-order chi connectivity index (χ0) is 14.2. The van der Waals surface area contributed by atoms with Gasteiger partial charge in [-0.2, -0.15) is 0 Å². The van der Waals surface area contributed by atoms with Gasteiger partial charge in [0, 0.05) is 6.54 Å². The lowest BCUT2D eigenvalue weighted by atomic mass is 9.77. The van der Waals surface area contributed by atoms with Gasteiger partial charge >= 0.3 is 5.97 Å². The Labute approximate surface area is 120 Å². The average molecular weight is 273 g/mol. The first kappa shape index (κ1) is 13.6. The van der Waals surface area contributed by atoms with Crippen LogP contribution in [0.5, 0.6) is 0 Å². The Balaban J connectivity index is 1.83. The molecule has 1 aromatic rings. The highest BCUT2D eigenvalue weighted by Gasteiger charge is 2.42. The van der Waals surface area contributed by atoms with Gasteiger partial charge in [-0.15, -0.1) is 0 Å². The van der Waals surface area contributed by atoms with Crippen molar-refractivity contribution in [3.63, 3.8) is 0 Å². The third-order valence-corrected chi connectivity index (χ3v) is 4.93. The van der Waals surface area contributed by atoms with Crippen LogP contribution in [0.1, 0.15) is 42.4 Å². The van der Waals surface area contributed by atoms with Crippen LogP contribution in [0.3, 0.4) is 0 Å². The molecule has 0 aromatic heterocycles. The molecule has 3 N–H and O–H groups in total. The summed E-state index contributed by atoms with van der Waals surface area (Å²) in [4.78, 5) is 11.8. The lowest BCUT2D eigenvalue weighted by Gasteiger charge is -2.28. The van der Waals surface area contributed by atoms with Crippen molar-refractivity contribution in [2.45, 2.75) is 44.9 Å². The standard InChI is InChI=1S/C17H23NO2/c18-11-17(16(19)20,9-12-4-5-12)10-13-6-7-14-2-1-3-15(14)8-13/h6-8,12H,1-5,9-11,18H2,(H,19,20). The van der Waals surface area contributed by atoms with Crippen molar-refractivity contribution in [3.8, 4) is 0 Å². The number of hydrogen-bond acceptors (Lipinski definition) is 2. The van der Waals surface area contributed by atoms with Crippen molar-refractivity contribution in [2.75, 3.05) is 6.54 Å². The minimum absolute atomic E-state index is 0.232. The molecule has 0 amide bonds. The maximum atomic E-state index is 11.8. The van der Waals surface area contributed by atoms with Crippen LogP contribution in [0.25, 0.3) is 0 Å². The molecular weight excluding hydrogens is 250 g/mol. The molecule has 108 valence electrons. The van der Waals surface area contributed by atoms with Gasteiger partial charge < -0.3 is 10.8 Å². The van der Waals surface area contributed by atoms with Gasteiger partial charge in [-0.3, -0.25) is 4.79 Å². The van der Waals surface area contributed by atoms with Gasteiger partial charge in [-0.25, -0.2) is 0 Å². The number of rotatable bonds is 6. The van der Waals surface area contributed by atoms with E-state index >= 15 is 0 Å². The van der Waals surface area contributed by atoms with E-state index in [0.717, 1.165) is 18.4 Å². The minimum atomic E-state index is -0.770. The largest absolute Gasteiger partial charge is 0.481 e. The third kappa shape index (κ3) is 2.59. The van der Waals surface area contributed by atoms with Crippen molar-refractivity contribution in [3.05, 3.63) is 34.9 Å². The average Bonchev–Trinajstić information content (AvgIpc) is 3.12. The molecular formula is C17H23NO2. The molecule has 0 saturated heterocycles. The Morgan fingerprint density at radius 3 is 2.70 bits per heavy atom. The Bertz CT molecular complexity index is 522. The number of aliphatic carboxylic acids is 1. The smallest absolute Gasteiger partial charge is 0.311 e. The lowest BCUT2D eigenvalue weighted by molar-refractivity contribution is -0.149. The molecule has 2 aliphatic carbocycles. The number of aryl methyl sites for hydroxylation is 2. The zero-order valence-corrected chi connectivity index (χ0v) is 11.9. The van der Waals surface area contributed by atoms with Crippen LogP contribution in [-0.4, -0.2) is 17.6 Å². The predicted octanol–water partition coefficient (Wildman–Crippen LogP) is 2.55. The fourth-order valence-electron chi connectivity index (χ4n) is 3.48. The van der Waals surface area contributed by atoms with E-state index in [2.05, 4.69) is 18.2 Å². The van der Waals surface area contributed by atoms with Gasteiger partial charge in [-0.05, 0) is 54.7 Å². The molecule has 3 heteroatoms. The van der Waals surface area contributed by atoms with Crippen molar-refractivity contribution >= 4 is 5.97 Å². The number of hydrogen-bond donors (Lipinski definition) is 2. The summed E-state index contributed by atoms with van der Waals surface area (Å²) in [5.74, 6) is -0.156. The first-order chi connectivity index (χ1) is 9.63. The SMILES string of the molecule is NCC(Cc1ccc2c(c1)CCC2)(CC1CC1)C(=O)O. The monoisotopic (exact) mass is 273 g/mol. The van der Waals surface area contributed by atoms with E-state index in [-0.39, 0.29) is 6.54 Å². The first-order valence-corrected chi connectivity index (χ1v) is 7.67. The van der Waals surface area contributed by atoms with Gasteiger partial charge in [0.1, 0.15) is 0 Å². The summed E-state index contributed by atoms with van der Waals surface area (Å²) in [7, 11) is 0. The summed E-state index contributed by atoms with van der Waals surface area (Å²) in [6, 6.07) is 6.49. The highest BCUT2D eigenvalue weighted by atomic mass is 16.4. The fourth-order valence-corrected chi connectivity index (χ4v) is 3.48. The maximum Gasteiger partial charge on any atom is 0.311 e. The Kier molecular flexibility index (Phi) is 3.55. The number of benzene rings is 1. The molecule has 3 nitrogen and oxygen atoms in total. The van der Waals surface area contributed by atoms with E-state index in [1.54, 1.807) is 0 Å². The minimum Gasteiger partial charge on any atom is -0.481 e. The van der Waals surface area contributed by atoms with Gasteiger partial charge in [0.2, 0.25) is 0 Å². The molecule has 0 bridgehead atoms. The summed E-state index contributed by atoms with van der Waals surface area (Å²) < 4.78 is 0. The second-order valence-corrected chi connectivity index (χ2v) is 6.57. The van der Waals surface area contributed by atoms with Crippen LogP contribution in [0.15, 0.2) is 18.2 Å². The molecule has 0 radical (unpaired) electrons. The lowest BCUT2D eigenvalue weighted by Crippen LogP contribution is -2.41. The van der Waals surface area contributed by atoms with E-state index < -0.39 is 11.4 Å². The second kappa shape index (κ2) is 5.21. The van der Waals surface area contributed by atoms with Gasteiger partial charge in [-0.1, -0.05) is 31.0 Å². The summed E-state index contributed by atoms with van der Waals surface area (Å²) in [6.07, 6.45) is 7.16. The van der Waals surface area contributed by atoms with Crippen molar-refractivity contribution < 1.29 is 9.90 Å². The Morgan fingerprint density at radius 2 is 2.05 bits per heavy atom. The van der Waals surface area contributed by atoms with Gasteiger partial charge in [0.15, 0.2) is 0 Å². The van der Waals surface area contributed by atoms with Crippen LogP contribution in [-0.2, 0) is 24.1 Å². The van der Waals surface area contributed by atoms with E-state index in [1.807, 2.05) is 0 Å². The van der Waals surface area contributed by atoms with E-state index in [1.165, 1.54) is 36.8 Å². The molecule has 1 aromatic carbocycles. The summed E-state index contributed by atoms with van der Waals surface area (Å²) in [5, 5.41) is 9.68. The van der Waals surface area contributed by atoms with Crippen LogP contribution in [0.2, 0.25) is 0 Å².